The molecule has 0 radical (unpaired) electrons. The molecule has 0 bridgehead atoms. The van der Waals surface area contributed by atoms with Crippen molar-refractivity contribution in [2.24, 2.45) is 5.41 Å². The number of rotatable bonds is 7. The molecule has 0 spiro atoms. The van der Waals surface area contributed by atoms with E-state index in [0.717, 1.165) is 37.2 Å². The van der Waals surface area contributed by atoms with Crippen molar-refractivity contribution in [3.8, 4) is 5.75 Å². The van der Waals surface area contributed by atoms with Crippen LogP contribution in [-0.2, 0) is 22.5 Å². The number of esters is 1. The van der Waals surface area contributed by atoms with Crippen molar-refractivity contribution >= 4 is 5.97 Å². The van der Waals surface area contributed by atoms with Gasteiger partial charge in [0.15, 0.2) is 0 Å². The predicted octanol–water partition coefficient (Wildman–Crippen LogP) is 3.48. The van der Waals surface area contributed by atoms with Gasteiger partial charge in [0, 0.05) is 25.5 Å². The molecule has 2 aromatic rings. The highest BCUT2D eigenvalue weighted by molar-refractivity contribution is 5.78. The van der Waals surface area contributed by atoms with E-state index in [9.17, 15) is 4.79 Å². The summed E-state index contributed by atoms with van der Waals surface area (Å²) in [4.78, 5) is 19.4. The minimum absolute atomic E-state index is 0.0905. The molecule has 1 aromatic carbocycles. The van der Waals surface area contributed by atoms with Gasteiger partial charge in [0.2, 0.25) is 0 Å². The van der Waals surface area contributed by atoms with Crippen LogP contribution in [0.1, 0.15) is 30.9 Å². The number of hydrogen-bond acceptors (Lipinski definition) is 5. The quantitative estimate of drug-likeness (QED) is 0.701. The van der Waals surface area contributed by atoms with Gasteiger partial charge in [0.1, 0.15) is 5.75 Å². The van der Waals surface area contributed by atoms with E-state index in [1.165, 1.54) is 5.56 Å². The van der Waals surface area contributed by atoms with E-state index in [1.807, 2.05) is 49.6 Å². The number of methoxy groups -OCH3 is 1. The fourth-order valence-electron chi connectivity index (χ4n) is 3.95. The number of piperidine rings is 1. The molecule has 1 saturated heterocycles. The molecule has 1 aromatic heterocycles. The largest absolute Gasteiger partial charge is 0.497 e. The van der Waals surface area contributed by atoms with Crippen LogP contribution in [0, 0.1) is 5.41 Å². The zero-order valence-corrected chi connectivity index (χ0v) is 16.2. The van der Waals surface area contributed by atoms with Gasteiger partial charge in [-0.15, -0.1) is 0 Å². The summed E-state index contributed by atoms with van der Waals surface area (Å²) in [6, 6.07) is 12.0. The highest BCUT2D eigenvalue weighted by Crippen LogP contribution is 2.36. The number of benzene rings is 1. The van der Waals surface area contributed by atoms with E-state index in [-0.39, 0.29) is 5.97 Å². The van der Waals surface area contributed by atoms with Crippen molar-refractivity contribution in [2.75, 3.05) is 26.8 Å². The lowest BCUT2D eigenvalue weighted by Gasteiger charge is -2.41. The average Bonchev–Trinajstić information content (AvgIpc) is 2.69. The maximum absolute atomic E-state index is 13.0. The molecule has 1 aliphatic rings. The van der Waals surface area contributed by atoms with Crippen LogP contribution < -0.4 is 4.74 Å². The topological polar surface area (TPSA) is 51.7 Å². The maximum Gasteiger partial charge on any atom is 0.313 e. The monoisotopic (exact) mass is 368 g/mol. The molecule has 5 nitrogen and oxygen atoms in total. The van der Waals surface area contributed by atoms with Gasteiger partial charge in [-0.1, -0.05) is 12.1 Å². The fourth-order valence-corrected chi connectivity index (χ4v) is 3.95. The van der Waals surface area contributed by atoms with E-state index in [1.54, 1.807) is 7.11 Å². The minimum Gasteiger partial charge on any atom is -0.497 e. The lowest BCUT2D eigenvalue weighted by Crippen LogP contribution is -2.49. The number of aromatic nitrogens is 1. The van der Waals surface area contributed by atoms with Gasteiger partial charge in [-0.05, 0) is 68.1 Å². The van der Waals surface area contributed by atoms with Gasteiger partial charge < -0.3 is 9.47 Å². The SMILES string of the molecule is CCOC(=O)C1(Cc2cccc(OC)c2)CCCN(Cc2ccncc2)C1. The van der Waals surface area contributed by atoms with Crippen LogP contribution in [0.15, 0.2) is 48.8 Å². The summed E-state index contributed by atoms with van der Waals surface area (Å²) in [5, 5.41) is 0. The maximum atomic E-state index is 13.0. The summed E-state index contributed by atoms with van der Waals surface area (Å²) < 4.78 is 10.9. The molecule has 27 heavy (non-hydrogen) atoms. The van der Waals surface area contributed by atoms with Gasteiger partial charge in [-0.3, -0.25) is 14.7 Å². The fraction of sp³-hybridized carbons (Fsp3) is 0.455. The Morgan fingerprint density at radius 3 is 2.78 bits per heavy atom. The molecule has 5 heteroatoms. The predicted molar refractivity (Wildman–Crippen MR) is 105 cm³/mol. The van der Waals surface area contributed by atoms with Crippen molar-refractivity contribution in [1.82, 2.24) is 9.88 Å². The van der Waals surface area contributed by atoms with E-state index in [0.29, 0.717) is 19.6 Å². The zero-order valence-electron chi connectivity index (χ0n) is 16.2. The molecule has 1 fully saturated rings. The van der Waals surface area contributed by atoms with Crippen LogP contribution in [0.5, 0.6) is 5.75 Å². The van der Waals surface area contributed by atoms with E-state index in [2.05, 4.69) is 16.0 Å². The van der Waals surface area contributed by atoms with Crippen LogP contribution in [0.4, 0.5) is 0 Å². The third-order valence-electron chi connectivity index (χ3n) is 5.20. The first-order valence-corrected chi connectivity index (χ1v) is 9.56. The van der Waals surface area contributed by atoms with Crippen LogP contribution in [0.3, 0.4) is 0 Å². The normalized spacial score (nSPS) is 20.2. The van der Waals surface area contributed by atoms with Crippen molar-refractivity contribution in [3.63, 3.8) is 0 Å². The summed E-state index contributed by atoms with van der Waals surface area (Å²) >= 11 is 0. The van der Waals surface area contributed by atoms with Gasteiger partial charge in [-0.2, -0.15) is 0 Å². The molecular formula is C22H28N2O3. The second kappa shape index (κ2) is 9.00. The number of likely N-dealkylation sites (tertiary alicyclic amines) is 1. The third-order valence-corrected chi connectivity index (χ3v) is 5.20. The minimum atomic E-state index is -0.520. The Hall–Kier alpha value is -2.40. The Kier molecular flexibility index (Phi) is 6.45. The van der Waals surface area contributed by atoms with Crippen molar-refractivity contribution < 1.29 is 14.3 Å². The van der Waals surface area contributed by atoms with Crippen molar-refractivity contribution in [2.45, 2.75) is 32.7 Å². The summed E-state index contributed by atoms with van der Waals surface area (Å²) in [5.41, 5.74) is 1.80. The molecule has 0 saturated carbocycles. The molecule has 0 N–H and O–H groups in total. The van der Waals surface area contributed by atoms with Crippen molar-refractivity contribution in [3.05, 3.63) is 59.9 Å². The van der Waals surface area contributed by atoms with E-state index >= 15 is 0 Å². The van der Waals surface area contributed by atoms with Gasteiger partial charge in [0.25, 0.3) is 0 Å². The highest BCUT2D eigenvalue weighted by atomic mass is 16.5. The first kappa shape index (κ1) is 19.4. The van der Waals surface area contributed by atoms with Crippen LogP contribution >= 0.6 is 0 Å². The summed E-state index contributed by atoms with van der Waals surface area (Å²) in [6.07, 6.45) is 6.11. The first-order chi connectivity index (χ1) is 13.1. The smallest absolute Gasteiger partial charge is 0.313 e. The standard InChI is InChI=1S/C22H28N2O3/c1-3-27-21(25)22(15-19-6-4-7-20(14-19)26-2)10-5-13-24(17-22)16-18-8-11-23-12-9-18/h4,6-9,11-12,14H,3,5,10,13,15-17H2,1-2H3. The summed E-state index contributed by atoms with van der Waals surface area (Å²) in [5.74, 6) is 0.725. The molecule has 144 valence electrons. The lowest BCUT2D eigenvalue weighted by molar-refractivity contribution is -0.159. The molecule has 0 amide bonds. The second-order valence-electron chi connectivity index (χ2n) is 7.20. The highest BCUT2D eigenvalue weighted by Gasteiger charge is 2.43. The summed E-state index contributed by atoms with van der Waals surface area (Å²) in [7, 11) is 1.66. The van der Waals surface area contributed by atoms with Crippen LogP contribution in [0.2, 0.25) is 0 Å². The Morgan fingerprint density at radius 1 is 1.22 bits per heavy atom. The molecule has 3 rings (SSSR count). The molecule has 0 aliphatic carbocycles. The number of carbonyl (C=O) groups excluding carboxylic acids is 1. The Bertz CT molecular complexity index is 750. The van der Waals surface area contributed by atoms with Gasteiger partial charge >= 0.3 is 5.97 Å². The van der Waals surface area contributed by atoms with E-state index in [4.69, 9.17) is 9.47 Å². The molecule has 1 atom stereocenters. The zero-order chi connectivity index (χ0) is 19.1. The number of pyridine rings is 1. The Labute approximate surface area is 161 Å². The summed E-state index contributed by atoms with van der Waals surface area (Å²) in [6.45, 7) is 4.78. The Morgan fingerprint density at radius 2 is 2.04 bits per heavy atom. The van der Waals surface area contributed by atoms with Crippen LogP contribution in [0.25, 0.3) is 0 Å². The van der Waals surface area contributed by atoms with Gasteiger partial charge in [0.05, 0.1) is 19.1 Å². The molecule has 1 unspecified atom stereocenters. The van der Waals surface area contributed by atoms with E-state index < -0.39 is 5.41 Å². The Balaban J connectivity index is 1.82. The van der Waals surface area contributed by atoms with Gasteiger partial charge in [-0.25, -0.2) is 0 Å². The van der Waals surface area contributed by atoms with Crippen molar-refractivity contribution in [1.29, 1.82) is 0 Å². The average molecular weight is 368 g/mol. The molecular weight excluding hydrogens is 340 g/mol. The molecule has 1 aliphatic heterocycles. The second-order valence-corrected chi connectivity index (χ2v) is 7.20. The lowest BCUT2D eigenvalue weighted by atomic mass is 9.75. The number of hydrogen-bond donors (Lipinski definition) is 0. The number of carbonyl (C=O) groups is 1. The van der Waals surface area contributed by atoms with Crippen LogP contribution in [-0.4, -0.2) is 42.7 Å². The first-order valence-electron chi connectivity index (χ1n) is 9.56. The number of nitrogens with zero attached hydrogens (tertiary/aromatic N) is 2. The number of ether oxygens (including phenoxy) is 2. The molecule has 2 heterocycles. The third kappa shape index (κ3) is 4.86.